The van der Waals surface area contributed by atoms with Crippen LogP contribution in [0.4, 0.5) is 24.5 Å². The van der Waals surface area contributed by atoms with E-state index in [1.165, 1.54) is 24.5 Å². The number of hydrogen-bond donors (Lipinski definition) is 3. The number of thioether (sulfide) groups is 1. The third-order valence-corrected chi connectivity index (χ3v) is 7.21. The zero-order chi connectivity index (χ0) is 28.9. The summed E-state index contributed by atoms with van der Waals surface area (Å²) >= 11 is 0.943. The Hall–Kier alpha value is -4.43. The second-order valence-electron chi connectivity index (χ2n) is 8.85. The normalized spacial score (nSPS) is 15.3. The van der Waals surface area contributed by atoms with Crippen LogP contribution in [0, 0.1) is 11.3 Å². The number of allylic oxidation sites excluding steroid dienone is 2. The molecule has 3 aromatic rings. The fourth-order valence-corrected chi connectivity index (χ4v) is 5.14. The number of carbonyl (C=O) groups excluding carboxylic acids is 2. The van der Waals surface area contributed by atoms with Crippen molar-refractivity contribution in [2.24, 2.45) is 0 Å². The Morgan fingerprint density at radius 2 is 1.80 bits per heavy atom. The van der Waals surface area contributed by atoms with E-state index in [-0.39, 0.29) is 22.6 Å². The van der Waals surface area contributed by atoms with Gasteiger partial charge in [-0.05, 0) is 55.3 Å². The number of anilines is 2. The minimum Gasteiger partial charge on any atom is -0.468 e. The van der Waals surface area contributed by atoms with Gasteiger partial charge in [0.15, 0.2) is 0 Å². The summed E-state index contributed by atoms with van der Waals surface area (Å²) in [6.45, 7) is 3.69. The van der Waals surface area contributed by atoms with Crippen LogP contribution in [0.5, 0.6) is 0 Å². The summed E-state index contributed by atoms with van der Waals surface area (Å²) in [5.41, 5.74) is 1.22. The predicted octanol–water partition coefficient (Wildman–Crippen LogP) is 6.57. The average molecular weight is 567 g/mol. The molecule has 4 rings (SSSR count). The maximum Gasteiger partial charge on any atom is 0.418 e. The largest absolute Gasteiger partial charge is 0.468 e. The van der Waals surface area contributed by atoms with Crippen LogP contribution in [0.1, 0.15) is 36.7 Å². The molecule has 0 aliphatic carbocycles. The Balaban J connectivity index is 1.57. The van der Waals surface area contributed by atoms with Gasteiger partial charge in [0.25, 0.3) is 5.91 Å². The molecule has 2 heterocycles. The highest BCUT2D eigenvalue weighted by Gasteiger charge is 2.37. The first-order valence-electron chi connectivity index (χ1n) is 12.3. The number of amides is 2. The molecular weight excluding hydrogens is 541 g/mol. The van der Waals surface area contributed by atoms with Crippen LogP contribution in [-0.4, -0.2) is 17.6 Å². The number of dihydropyridines is 1. The predicted molar refractivity (Wildman–Crippen MR) is 147 cm³/mol. The summed E-state index contributed by atoms with van der Waals surface area (Å²) in [4.78, 5) is 26.1. The number of carbonyl (C=O) groups is 2. The minimum absolute atomic E-state index is 0.139. The summed E-state index contributed by atoms with van der Waals surface area (Å²) in [6.07, 6.45) is -2.35. The molecule has 1 aliphatic rings. The van der Waals surface area contributed by atoms with Crippen molar-refractivity contribution in [1.29, 1.82) is 5.26 Å². The molecule has 1 aromatic heterocycles. The van der Waals surface area contributed by atoms with Gasteiger partial charge in [0, 0.05) is 11.4 Å². The van der Waals surface area contributed by atoms with Crippen LogP contribution in [0.2, 0.25) is 0 Å². The Kier molecular flexibility index (Phi) is 8.70. The van der Waals surface area contributed by atoms with Gasteiger partial charge in [-0.15, -0.1) is 0 Å². The quantitative estimate of drug-likeness (QED) is 0.285. The lowest BCUT2D eigenvalue weighted by atomic mass is 9.85. The Labute approximate surface area is 233 Å². The molecule has 3 N–H and O–H groups in total. The topological polar surface area (TPSA) is 107 Å². The lowest BCUT2D eigenvalue weighted by Crippen LogP contribution is -2.31. The summed E-state index contributed by atoms with van der Waals surface area (Å²) < 4.78 is 45.5. The molecule has 0 fully saturated rings. The van der Waals surface area contributed by atoms with Crippen molar-refractivity contribution in [1.82, 2.24) is 5.32 Å². The number of para-hydroxylation sites is 1. The van der Waals surface area contributed by atoms with Crippen molar-refractivity contribution < 1.29 is 27.2 Å². The molecule has 1 aliphatic heterocycles. The molecule has 40 heavy (non-hydrogen) atoms. The highest BCUT2D eigenvalue weighted by Crippen LogP contribution is 2.41. The van der Waals surface area contributed by atoms with Gasteiger partial charge in [-0.2, -0.15) is 18.4 Å². The van der Waals surface area contributed by atoms with E-state index in [1.807, 2.05) is 19.1 Å². The van der Waals surface area contributed by atoms with Crippen molar-refractivity contribution in [2.75, 3.05) is 16.4 Å². The number of furan rings is 1. The summed E-state index contributed by atoms with van der Waals surface area (Å²) in [5, 5.41) is 18.6. The monoisotopic (exact) mass is 566 g/mol. The lowest BCUT2D eigenvalue weighted by molar-refractivity contribution is -0.137. The molecule has 11 heteroatoms. The molecule has 2 aromatic carbocycles. The van der Waals surface area contributed by atoms with E-state index in [1.54, 1.807) is 31.2 Å². The SMILES string of the molecule is CCc1ccc(NC(=O)C2=C(C)NC(SCC(=O)Nc3ccccc3C(F)(F)F)=C(C#N)[C@@H]2c2ccco2)cc1. The van der Waals surface area contributed by atoms with Crippen LogP contribution < -0.4 is 16.0 Å². The average Bonchev–Trinajstić information content (AvgIpc) is 3.46. The number of alkyl halides is 3. The lowest BCUT2D eigenvalue weighted by Gasteiger charge is -2.28. The van der Waals surface area contributed by atoms with Gasteiger partial charge >= 0.3 is 6.18 Å². The van der Waals surface area contributed by atoms with Crippen molar-refractivity contribution in [2.45, 2.75) is 32.4 Å². The third kappa shape index (κ3) is 6.40. The molecule has 0 spiro atoms. The van der Waals surface area contributed by atoms with Crippen LogP contribution in [0.15, 0.2) is 93.2 Å². The van der Waals surface area contributed by atoms with E-state index >= 15 is 0 Å². The molecule has 0 saturated carbocycles. The van der Waals surface area contributed by atoms with E-state index < -0.39 is 29.5 Å². The number of nitrogens with one attached hydrogen (secondary N) is 3. The van der Waals surface area contributed by atoms with E-state index in [0.29, 0.717) is 22.2 Å². The number of aryl methyl sites for hydroxylation is 1. The summed E-state index contributed by atoms with van der Waals surface area (Å²) in [5.74, 6) is -1.93. The summed E-state index contributed by atoms with van der Waals surface area (Å²) in [7, 11) is 0. The number of nitriles is 1. The molecule has 7 nitrogen and oxygen atoms in total. The van der Waals surface area contributed by atoms with Crippen molar-refractivity contribution in [3.8, 4) is 6.07 Å². The van der Waals surface area contributed by atoms with Crippen LogP contribution >= 0.6 is 11.8 Å². The van der Waals surface area contributed by atoms with Crippen molar-refractivity contribution >= 4 is 35.0 Å². The highest BCUT2D eigenvalue weighted by atomic mass is 32.2. The van der Waals surface area contributed by atoms with E-state index in [0.717, 1.165) is 29.8 Å². The number of hydrogen-bond acceptors (Lipinski definition) is 6. The first-order valence-corrected chi connectivity index (χ1v) is 13.3. The second-order valence-corrected chi connectivity index (χ2v) is 9.84. The number of halogens is 3. The number of nitrogens with zero attached hydrogens (tertiary/aromatic N) is 1. The molecular formula is C29H25F3N4O3S. The van der Waals surface area contributed by atoms with Crippen LogP contribution in [-0.2, 0) is 22.2 Å². The van der Waals surface area contributed by atoms with Crippen LogP contribution in [0.25, 0.3) is 0 Å². The number of rotatable bonds is 8. The first kappa shape index (κ1) is 28.6. The van der Waals surface area contributed by atoms with Gasteiger partial charge < -0.3 is 20.4 Å². The molecule has 0 saturated heterocycles. The van der Waals surface area contributed by atoms with Gasteiger partial charge in [0.2, 0.25) is 5.91 Å². The van der Waals surface area contributed by atoms with Gasteiger partial charge in [-0.25, -0.2) is 0 Å². The van der Waals surface area contributed by atoms with Crippen molar-refractivity contribution in [3.05, 3.63) is 106 Å². The Bertz CT molecular complexity index is 1500. The van der Waals surface area contributed by atoms with Gasteiger partial charge in [-0.3, -0.25) is 9.59 Å². The van der Waals surface area contributed by atoms with Gasteiger partial charge in [0.05, 0.1) is 51.4 Å². The number of benzene rings is 2. The Morgan fingerprint density at radius 1 is 1.07 bits per heavy atom. The summed E-state index contributed by atoms with van der Waals surface area (Å²) in [6, 6.07) is 17.5. The smallest absolute Gasteiger partial charge is 0.418 e. The van der Waals surface area contributed by atoms with Crippen molar-refractivity contribution in [3.63, 3.8) is 0 Å². The molecule has 1 atom stereocenters. The van der Waals surface area contributed by atoms with E-state index in [2.05, 4.69) is 22.0 Å². The molecule has 0 bridgehead atoms. The molecule has 2 amide bonds. The standard InChI is InChI=1S/C29H25F3N4O3S/c1-3-18-10-12-19(13-11-18)35-27(38)25-17(2)34-28(20(15-33)26(25)23-9-6-14-39-23)40-16-24(37)36-22-8-5-4-7-21(22)29(30,31)32/h4-14,26,34H,3,16H2,1-2H3,(H,35,38)(H,36,37)/t26-/m1/s1. The zero-order valence-electron chi connectivity index (χ0n) is 21.6. The van der Waals surface area contributed by atoms with Gasteiger partial charge in [0.1, 0.15) is 5.76 Å². The Morgan fingerprint density at radius 3 is 2.42 bits per heavy atom. The first-order chi connectivity index (χ1) is 19.1. The van der Waals surface area contributed by atoms with Crippen LogP contribution in [0.3, 0.4) is 0 Å². The van der Waals surface area contributed by atoms with E-state index in [4.69, 9.17) is 4.42 Å². The maximum absolute atomic E-state index is 13.4. The molecule has 206 valence electrons. The maximum atomic E-state index is 13.4. The second kappa shape index (κ2) is 12.2. The third-order valence-electron chi connectivity index (χ3n) is 6.19. The fraction of sp³-hybridized carbons (Fsp3) is 0.207. The molecule has 0 radical (unpaired) electrons. The minimum atomic E-state index is -4.63. The fourth-order valence-electron chi connectivity index (χ4n) is 4.25. The van der Waals surface area contributed by atoms with E-state index in [9.17, 15) is 28.0 Å². The zero-order valence-corrected chi connectivity index (χ0v) is 22.4. The highest BCUT2D eigenvalue weighted by molar-refractivity contribution is 8.03. The molecule has 0 unspecified atom stereocenters. The van der Waals surface area contributed by atoms with Gasteiger partial charge in [-0.1, -0.05) is 43.0 Å².